The van der Waals surface area contributed by atoms with E-state index in [1.54, 1.807) is 11.3 Å². The lowest BCUT2D eigenvalue weighted by Crippen LogP contribution is -2.09. The Hall–Kier alpha value is -1.13. The fourth-order valence-corrected chi connectivity index (χ4v) is 2.58. The summed E-state index contributed by atoms with van der Waals surface area (Å²) in [6.07, 6.45) is 5.01. The van der Waals surface area contributed by atoms with Crippen LogP contribution in [0.25, 0.3) is 0 Å². The third-order valence-corrected chi connectivity index (χ3v) is 3.62. The normalized spacial score (nSPS) is 12.9. The zero-order chi connectivity index (χ0) is 11.5. The summed E-state index contributed by atoms with van der Waals surface area (Å²) >= 11 is 1.75. The topological polar surface area (TPSA) is 43.8 Å². The Bertz CT molecular complexity index is 458. The van der Waals surface area contributed by atoms with Crippen LogP contribution in [0.3, 0.4) is 0 Å². The first kappa shape index (κ1) is 11.4. The van der Waals surface area contributed by atoms with Crippen molar-refractivity contribution in [3.05, 3.63) is 39.8 Å². The minimum Gasteiger partial charge on any atom is -0.320 e. The molecule has 1 atom stereocenters. The fourth-order valence-electron chi connectivity index (χ4n) is 1.68. The van der Waals surface area contributed by atoms with E-state index in [-0.39, 0.29) is 6.04 Å². The van der Waals surface area contributed by atoms with Gasteiger partial charge in [0.05, 0.1) is 12.2 Å². The second kappa shape index (κ2) is 4.80. The monoisotopic (exact) mass is 235 g/mol. The summed E-state index contributed by atoms with van der Waals surface area (Å²) in [4.78, 5) is 2.50. The number of nitrogens with zero attached hydrogens (tertiary/aromatic N) is 2. The predicted molar refractivity (Wildman–Crippen MR) is 67.6 cm³/mol. The zero-order valence-corrected chi connectivity index (χ0v) is 10.5. The van der Waals surface area contributed by atoms with Crippen molar-refractivity contribution in [3.63, 3.8) is 0 Å². The van der Waals surface area contributed by atoms with Crippen molar-refractivity contribution in [1.29, 1.82) is 0 Å². The minimum absolute atomic E-state index is 0.0377. The molecule has 4 heteroatoms. The van der Waals surface area contributed by atoms with Crippen molar-refractivity contribution in [2.24, 2.45) is 5.73 Å². The van der Waals surface area contributed by atoms with E-state index in [0.29, 0.717) is 0 Å². The Morgan fingerprint density at radius 1 is 1.50 bits per heavy atom. The molecule has 0 amide bonds. The van der Waals surface area contributed by atoms with Crippen molar-refractivity contribution in [3.8, 4) is 0 Å². The largest absolute Gasteiger partial charge is 0.320 e. The number of nitrogens with two attached hydrogens (primary N) is 1. The number of rotatable bonds is 4. The first-order valence-electron chi connectivity index (χ1n) is 5.55. The van der Waals surface area contributed by atoms with Gasteiger partial charge in [-0.3, -0.25) is 4.68 Å². The molecule has 2 aromatic heterocycles. The molecular formula is C12H17N3S. The molecule has 0 aliphatic rings. The van der Waals surface area contributed by atoms with Gasteiger partial charge in [0, 0.05) is 28.1 Å². The number of thiophene rings is 1. The second-order valence-electron chi connectivity index (χ2n) is 3.96. The summed E-state index contributed by atoms with van der Waals surface area (Å²) in [5.41, 5.74) is 7.29. The summed E-state index contributed by atoms with van der Waals surface area (Å²) in [6.45, 7) is 5.20. The number of hydrogen-bond donors (Lipinski definition) is 1. The Kier molecular flexibility index (Phi) is 3.41. The smallest absolute Gasteiger partial charge is 0.0677 e. The summed E-state index contributed by atoms with van der Waals surface area (Å²) < 4.78 is 1.95. The third kappa shape index (κ3) is 2.33. The van der Waals surface area contributed by atoms with Gasteiger partial charge in [-0.1, -0.05) is 6.92 Å². The van der Waals surface area contributed by atoms with Crippen LogP contribution < -0.4 is 5.73 Å². The standard InChI is InChI=1S/C12H17N3S/c1-3-6-15-8-10(7-14-15)12(13)11-5-4-9(2)16-11/h4-5,7-8,12H,3,6,13H2,1-2H3. The molecule has 0 spiro atoms. The fraction of sp³-hybridized carbons (Fsp3) is 0.417. The molecule has 86 valence electrons. The van der Waals surface area contributed by atoms with Crippen molar-refractivity contribution < 1.29 is 0 Å². The van der Waals surface area contributed by atoms with E-state index in [1.165, 1.54) is 9.75 Å². The number of hydrogen-bond acceptors (Lipinski definition) is 3. The van der Waals surface area contributed by atoms with Crippen LogP contribution in [0.4, 0.5) is 0 Å². The highest BCUT2D eigenvalue weighted by atomic mass is 32.1. The van der Waals surface area contributed by atoms with Gasteiger partial charge < -0.3 is 5.73 Å². The lowest BCUT2D eigenvalue weighted by molar-refractivity contribution is 0.602. The number of aryl methyl sites for hydroxylation is 2. The molecule has 2 rings (SSSR count). The van der Waals surface area contributed by atoms with Gasteiger partial charge in [-0.2, -0.15) is 5.10 Å². The van der Waals surface area contributed by atoms with Crippen LogP contribution in [-0.4, -0.2) is 9.78 Å². The highest BCUT2D eigenvalue weighted by molar-refractivity contribution is 7.12. The van der Waals surface area contributed by atoms with Crippen LogP contribution in [0.5, 0.6) is 0 Å². The van der Waals surface area contributed by atoms with Crippen LogP contribution in [0.2, 0.25) is 0 Å². The van der Waals surface area contributed by atoms with E-state index in [0.717, 1.165) is 18.5 Å². The summed E-state index contributed by atoms with van der Waals surface area (Å²) in [6, 6.07) is 4.17. The van der Waals surface area contributed by atoms with E-state index in [1.807, 2.05) is 17.1 Å². The maximum atomic E-state index is 6.20. The van der Waals surface area contributed by atoms with E-state index in [2.05, 4.69) is 31.1 Å². The van der Waals surface area contributed by atoms with Gasteiger partial charge in [0.25, 0.3) is 0 Å². The molecule has 3 nitrogen and oxygen atoms in total. The van der Waals surface area contributed by atoms with Crippen LogP contribution in [0, 0.1) is 6.92 Å². The Morgan fingerprint density at radius 3 is 2.94 bits per heavy atom. The predicted octanol–water partition coefficient (Wildman–Crippen LogP) is 2.71. The molecule has 2 aromatic rings. The molecule has 0 aromatic carbocycles. The first-order chi connectivity index (χ1) is 7.70. The zero-order valence-electron chi connectivity index (χ0n) is 9.68. The highest BCUT2D eigenvalue weighted by Crippen LogP contribution is 2.25. The SMILES string of the molecule is CCCn1cc(C(N)c2ccc(C)s2)cn1. The molecule has 16 heavy (non-hydrogen) atoms. The van der Waals surface area contributed by atoms with Crippen LogP contribution in [0.15, 0.2) is 24.5 Å². The van der Waals surface area contributed by atoms with Gasteiger partial charge in [-0.05, 0) is 25.5 Å². The van der Waals surface area contributed by atoms with Gasteiger partial charge in [0.1, 0.15) is 0 Å². The van der Waals surface area contributed by atoms with Gasteiger partial charge in [0.15, 0.2) is 0 Å². The first-order valence-corrected chi connectivity index (χ1v) is 6.36. The molecule has 0 radical (unpaired) electrons. The minimum atomic E-state index is -0.0377. The van der Waals surface area contributed by atoms with E-state index < -0.39 is 0 Å². The highest BCUT2D eigenvalue weighted by Gasteiger charge is 2.12. The lowest BCUT2D eigenvalue weighted by Gasteiger charge is -2.05. The maximum Gasteiger partial charge on any atom is 0.0677 e. The summed E-state index contributed by atoms with van der Waals surface area (Å²) in [5.74, 6) is 0. The summed E-state index contributed by atoms with van der Waals surface area (Å²) in [5, 5.41) is 4.30. The van der Waals surface area contributed by atoms with Crippen molar-refractivity contribution >= 4 is 11.3 Å². The van der Waals surface area contributed by atoms with E-state index in [9.17, 15) is 0 Å². The number of aromatic nitrogens is 2. The quantitative estimate of drug-likeness (QED) is 0.885. The maximum absolute atomic E-state index is 6.20. The Balaban J connectivity index is 2.17. The van der Waals surface area contributed by atoms with Crippen LogP contribution in [-0.2, 0) is 6.54 Å². The molecule has 1 unspecified atom stereocenters. The molecule has 0 aliphatic heterocycles. The van der Waals surface area contributed by atoms with E-state index >= 15 is 0 Å². The van der Waals surface area contributed by atoms with Gasteiger partial charge in [-0.15, -0.1) is 11.3 Å². The van der Waals surface area contributed by atoms with Crippen molar-refractivity contribution in [1.82, 2.24) is 9.78 Å². The molecule has 0 bridgehead atoms. The molecule has 0 fully saturated rings. The molecule has 2 N–H and O–H groups in total. The lowest BCUT2D eigenvalue weighted by atomic mass is 10.1. The Morgan fingerprint density at radius 2 is 2.31 bits per heavy atom. The average Bonchev–Trinajstić information content (AvgIpc) is 2.87. The Labute approximate surface area is 99.9 Å². The van der Waals surface area contributed by atoms with Crippen LogP contribution in [0.1, 0.15) is 34.7 Å². The van der Waals surface area contributed by atoms with Gasteiger partial charge in [0.2, 0.25) is 0 Å². The van der Waals surface area contributed by atoms with Crippen LogP contribution >= 0.6 is 11.3 Å². The molecular weight excluding hydrogens is 218 g/mol. The third-order valence-electron chi connectivity index (χ3n) is 2.53. The van der Waals surface area contributed by atoms with Gasteiger partial charge in [-0.25, -0.2) is 0 Å². The second-order valence-corrected chi connectivity index (χ2v) is 5.28. The molecule has 0 aliphatic carbocycles. The van der Waals surface area contributed by atoms with E-state index in [4.69, 9.17) is 5.73 Å². The molecule has 0 saturated carbocycles. The van der Waals surface area contributed by atoms with Crippen molar-refractivity contribution in [2.45, 2.75) is 32.9 Å². The summed E-state index contributed by atoms with van der Waals surface area (Å²) in [7, 11) is 0. The average molecular weight is 235 g/mol. The molecule has 0 saturated heterocycles. The molecule has 2 heterocycles. The van der Waals surface area contributed by atoms with Crippen molar-refractivity contribution in [2.75, 3.05) is 0 Å². The van der Waals surface area contributed by atoms with Gasteiger partial charge >= 0.3 is 0 Å².